The molecule has 0 radical (unpaired) electrons. The van der Waals surface area contributed by atoms with E-state index in [1.807, 2.05) is 12.1 Å². The fraction of sp³-hybridized carbons (Fsp3) is 0.143. The molecule has 0 amide bonds. The van der Waals surface area contributed by atoms with Crippen LogP contribution in [-0.2, 0) is 0 Å². The topological polar surface area (TPSA) is 74.4 Å². The SMILES string of the molecule is Nc1ncccc1C(=O)C1COc2ccccc2O1. The summed E-state index contributed by atoms with van der Waals surface area (Å²) >= 11 is 0. The van der Waals surface area contributed by atoms with Gasteiger partial charge in [0.15, 0.2) is 17.6 Å². The summed E-state index contributed by atoms with van der Waals surface area (Å²) in [5.74, 6) is 1.19. The van der Waals surface area contributed by atoms with Crippen LogP contribution in [0.25, 0.3) is 0 Å². The number of carbonyl (C=O) groups excluding carboxylic acids is 1. The molecule has 1 aliphatic rings. The van der Waals surface area contributed by atoms with Crippen molar-refractivity contribution in [3.8, 4) is 11.5 Å². The van der Waals surface area contributed by atoms with Crippen molar-refractivity contribution in [1.29, 1.82) is 0 Å². The molecule has 2 aromatic rings. The van der Waals surface area contributed by atoms with Crippen molar-refractivity contribution < 1.29 is 14.3 Å². The number of fused-ring (bicyclic) bond motifs is 1. The first kappa shape index (κ1) is 11.5. The first-order valence-corrected chi connectivity index (χ1v) is 5.89. The molecule has 1 atom stereocenters. The Morgan fingerprint density at radius 1 is 1.21 bits per heavy atom. The molecule has 19 heavy (non-hydrogen) atoms. The summed E-state index contributed by atoms with van der Waals surface area (Å²) in [7, 11) is 0. The lowest BCUT2D eigenvalue weighted by molar-refractivity contribution is 0.0586. The van der Waals surface area contributed by atoms with Crippen molar-refractivity contribution in [2.24, 2.45) is 0 Å². The van der Waals surface area contributed by atoms with E-state index in [-0.39, 0.29) is 18.2 Å². The highest BCUT2D eigenvalue weighted by Gasteiger charge is 2.29. The van der Waals surface area contributed by atoms with Gasteiger partial charge in [0.2, 0.25) is 5.78 Å². The van der Waals surface area contributed by atoms with Gasteiger partial charge in [0, 0.05) is 6.20 Å². The summed E-state index contributed by atoms with van der Waals surface area (Å²) < 4.78 is 11.2. The number of para-hydroxylation sites is 2. The van der Waals surface area contributed by atoms with Gasteiger partial charge in [-0.3, -0.25) is 4.79 Å². The minimum atomic E-state index is -0.693. The van der Waals surface area contributed by atoms with E-state index in [0.29, 0.717) is 17.1 Å². The number of pyridine rings is 1. The molecule has 0 fully saturated rings. The zero-order valence-electron chi connectivity index (χ0n) is 10.1. The average Bonchev–Trinajstić information content (AvgIpc) is 2.46. The van der Waals surface area contributed by atoms with E-state index in [1.165, 1.54) is 0 Å². The highest BCUT2D eigenvalue weighted by molar-refractivity contribution is 6.03. The molecule has 5 heteroatoms. The van der Waals surface area contributed by atoms with Crippen LogP contribution >= 0.6 is 0 Å². The van der Waals surface area contributed by atoms with Crippen LogP contribution < -0.4 is 15.2 Å². The second-order valence-electron chi connectivity index (χ2n) is 4.16. The Morgan fingerprint density at radius 2 is 2.00 bits per heavy atom. The van der Waals surface area contributed by atoms with Gasteiger partial charge in [-0.2, -0.15) is 0 Å². The Labute approximate surface area is 110 Å². The van der Waals surface area contributed by atoms with Crippen LogP contribution in [0.4, 0.5) is 5.82 Å². The smallest absolute Gasteiger partial charge is 0.210 e. The van der Waals surface area contributed by atoms with E-state index < -0.39 is 6.10 Å². The van der Waals surface area contributed by atoms with Crippen molar-refractivity contribution in [1.82, 2.24) is 4.98 Å². The first-order valence-electron chi connectivity index (χ1n) is 5.89. The van der Waals surface area contributed by atoms with Crippen LogP contribution in [0.3, 0.4) is 0 Å². The molecular weight excluding hydrogens is 244 g/mol. The van der Waals surface area contributed by atoms with Gasteiger partial charge in [-0.1, -0.05) is 12.1 Å². The van der Waals surface area contributed by atoms with E-state index in [9.17, 15) is 4.79 Å². The standard InChI is InChI=1S/C14H12N2O3/c15-14-9(4-3-7-16-14)13(17)12-8-18-10-5-1-2-6-11(10)19-12/h1-7,12H,8H2,(H2,15,16). The molecule has 0 spiro atoms. The summed E-state index contributed by atoms with van der Waals surface area (Å²) in [5, 5.41) is 0. The highest BCUT2D eigenvalue weighted by atomic mass is 16.6. The van der Waals surface area contributed by atoms with Crippen molar-refractivity contribution in [3.63, 3.8) is 0 Å². The summed E-state index contributed by atoms with van der Waals surface area (Å²) in [5.41, 5.74) is 6.05. The van der Waals surface area contributed by atoms with Crippen molar-refractivity contribution >= 4 is 11.6 Å². The molecule has 2 N–H and O–H groups in total. The highest BCUT2D eigenvalue weighted by Crippen LogP contribution is 2.31. The predicted molar refractivity (Wildman–Crippen MR) is 69.3 cm³/mol. The van der Waals surface area contributed by atoms with Crippen molar-refractivity contribution in [2.75, 3.05) is 12.3 Å². The number of carbonyl (C=O) groups is 1. The fourth-order valence-corrected chi connectivity index (χ4v) is 1.95. The zero-order valence-corrected chi connectivity index (χ0v) is 10.1. The lowest BCUT2D eigenvalue weighted by atomic mass is 10.1. The normalized spacial score (nSPS) is 16.9. The predicted octanol–water partition coefficient (Wildman–Crippen LogP) is 1.69. The molecule has 0 saturated carbocycles. The minimum absolute atomic E-state index is 0.171. The van der Waals surface area contributed by atoms with Crippen LogP contribution in [0.1, 0.15) is 10.4 Å². The number of benzene rings is 1. The second-order valence-corrected chi connectivity index (χ2v) is 4.16. The average molecular weight is 256 g/mol. The molecule has 1 aromatic heterocycles. The van der Waals surface area contributed by atoms with Crippen LogP contribution in [0.5, 0.6) is 11.5 Å². The van der Waals surface area contributed by atoms with E-state index in [1.54, 1.807) is 30.5 Å². The molecule has 1 aromatic carbocycles. The number of hydrogen-bond donors (Lipinski definition) is 1. The van der Waals surface area contributed by atoms with Gasteiger partial charge in [0.05, 0.1) is 5.56 Å². The molecule has 5 nitrogen and oxygen atoms in total. The van der Waals surface area contributed by atoms with Gasteiger partial charge >= 0.3 is 0 Å². The number of nitrogen functional groups attached to an aromatic ring is 1. The number of aromatic nitrogens is 1. The van der Waals surface area contributed by atoms with Gasteiger partial charge in [0.1, 0.15) is 12.4 Å². The zero-order chi connectivity index (χ0) is 13.2. The number of ether oxygens (including phenoxy) is 2. The summed E-state index contributed by atoms with van der Waals surface area (Å²) in [6.07, 6.45) is 0.848. The second kappa shape index (κ2) is 4.61. The quantitative estimate of drug-likeness (QED) is 0.827. The molecule has 3 rings (SSSR count). The maximum absolute atomic E-state index is 12.3. The van der Waals surface area contributed by atoms with Gasteiger partial charge < -0.3 is 15.2 Å². The summed E-state index contributed by atoms with van der Waals surface area (Å²) in [6.45, 7) is 0.171. The first-order chi connectivity index (χ1) is 9.25. The Morgan fingerprint density at radius 3 is 2.79 bits per heavy atom. The van der Waals surface area contributed by atoms with E-state index in [0.717, 1.165) is 0 Å². The molecule has 1 aliphatic heterocycles. The molecule has 0 bridgehead atoms. The van der Waals surface area contributed by atoms with Crippen molar-refractivity contribution in [3.05, 3.63) is 48.2 Å². The summed E-state index contributed by atoms with van der Waals surface area (Å²) in [6, 6.07) is 10.5. The third-order valence-electron chi connectivity index (χ3n) is 2.91. The van der Waals surface area contributed by atoms with Gasteiger partial charge in [-0.25, -0.2) is 4.98 Å². The number of hydrogen-bond acceptors (Lipinski definition) is 5. The maximum atomic E-state index is 12.3. The molecule has 1 unspecified atom stereocenters. The number of anilines is 1. The Bertz CT molecular complexity index is 628. The largest absolute Gasteiger partial charge is 0.485 e. The number of nitrogens with two attached hydrogens (primary N) is 1. The van der Waals surface area contributed by atoms with Crippen LogP contribution in [0.2, 0.25) is 0 Å². The molecular formula is C14H12N2O3. The molecule has 96 valence electrons. The Balaban J connectivity index is 1.86. The molecule has 2 heterocycles. The van der Waals surface area contributed by atoms with Gasteiger partial charge in [0.25, 0.3) is 0 Å². The molecule has 0 aliphatic carbocycles. The Hall–Kier alpha value is -2.56. The maximum Gasteiger partial charge on any atom is 0.210 e. The van der Waals surface area contributed by atoms with Crippen LogP contribution in [0, 0.1) is 0 Å². The lowest BCUT2D eigenvalue weighted by Gasteiger charge is -2.25. The minimum Gasteiger partial charge on any atom is -0.485 e. The van der Waals surface area contributed by atoms with E-state index in [2.05, 4.69) is 4.98 Å². The lowest BCUT2D eigenvalue weighted by Crippen LogP contribution is -2.37. The fourth-order valence-electron chi connectivity index (χ4n) is 1.95. The number of Topliss-reactive ketones (excluding diaryl/α,β-unsaturated/α-hetero) is 1. The number of nitrogens with zero attached hydrogens (tertiary/aromatic N) is 1. The van der Waals surface area contributed by atoms with E-state index >= 15 is 0 Å². The van der Waals surface area contributed by atoms with Crippen LogP contribution in [-0.4, -0.2) is 23.5 Å². The summed E-state index contributed by atoms with van der Waals surface area (Å²) in [4.78, 5) is 16.2. The third-order valence-corrected chi connectivity index (χ3v) is 2.91. The Kier molecular flexibility index (Phi) is 2.79. The third kappa shape index (κ3) is 2.10. The van der Waals surface area contributed by atoms with Gasteiger partial charge in [-0.15, -0.1) is 0 Å². The number of rotatable bonds is 2. The van der Waals surface area contributed by atoms with E-state index in [4.69, 9.17) is 15.2 Å². The monoisotopic (exact) mass is 256 g/mol. The van der Waals surface area contributed by atoms with Gasteiger partial charge in [-0.05, 0) is 24.3 Å². The van der Waals surface area contributed by atoms with Crippen LogP contribution in [0.15, 0.2) is 42.6 Å². The molecule has 0 saturated heterocycles. The number of ketones is 1. The van der Waals surface area contributed by atoms with Crippen molar-refractivity contribution in [2.45, 2.75) is 6.10 Å².